The van der Waals surface area contributed by atoms with Gasteiger partial charge in [-0.25, -0.2) is 4.39 Å². The molecule has 0 aromatic heterocycles. The second kappa shape index (κ2) is 4.92. The van der Waals surface area contributed by atoms with Gasteiger partial charge in [-0.2, -0.15) is 0 Å². The van der Waals surface area contributed by atoms with Gasteiger partial charge in [0.2, 0.25) is 0 Å². The summed E-state index contributed by atoms with van der Waals surface area (Å²) in [6.07, 6.45) is -4.91. The van der Waals surface area contributed by atoms with Gasteiger partial charge in [-0.15, -0.1) is 13.2 Å². The van der Waals surface area contributed by atoms with Gasteiger partial charge >= 0.3 is 6.36 Å². The molecule has 0 atom stereocenters. The Labute approximate surface area is 110 Å². The molecule has 7 heteroatoms. The third-order valence-electron chi connectivity index (χ3n) is 2.40. The highest BCUT2D eigenvalue weighted by Gasteiger charge is 2.31. The molecule has 106 valence electrons. The molecule has 0 fully saturated rings. The van der Waals surface area contributed by atoms with E-state index in [0.29, 0.717) is 0 Å². The lowest BCUT2D eigenvalue weighted by molar-refractivity contribution is -0.274. The molecule has 0 aliphatic rings. The van der Waals surface area contributed by atoms with E-state index in [2.05, 4.69) is 4.74 Å². The van der Waals surface area contributed by atoms with Crippen LogP contribution in [0.1, 0.15) is 0 Å². The first kappa shape index (κ1) is 14.0. The van der Waals surface area contributed by atoms with Crippen molar-refractivity contribution in [2.45, 2.75) is 6.36 Å². The molecule has 2 N–H and O–H groups in total. The van der Waals surface area contributed by atoms with Crippen molar-refractivity contribution in [2.24, 2.45) is 0 Å². The van der Waals surface area contributed by atoms with E-state index in [-0.39, 0.29) is 11.1 Å². The Hall–Kier alpha value is -2.44. The highest BCUT2D eigenvalue weighted by atomic mass is 19.4. The topological polar surface area (TPSA) is 49.7 Å². The maximum Gasteiger partial charge on any atom is 0.573 e. The zero-order valence-corrected chi connectivity index (χ0v) is 9.78. The fourth-order valence-corrected chi connectivity index (χ4v) is 1.68. The van der Waals surface area contributed by atoms with E-state index < -0.39 is 29.4 Å². The molecule has 0 heterocycles. The molecule has 20 heavy (non-hydrogen) atoms. The average molecular weight is 288 g/mol. The Kier molecular flexibility index (Phi) is 3.44. The summed E-state index contributed by atoms with van der Waals surface area (Å²) in [4.78, 5) is 0. The fraction of sp³-hybridized carbons (Fsp3) is 0.0769. The lowest BCUT2D eigenvalue weighted by atomic mass is 10.0. The number of phenolic OH excluding ortho intramolecular Hbond substituents is 2. The number of alkyl halides is 3. The highest BCUT2D eigenvalue weighted by molar-refractivity contribution is 5.72. The minimum atomic E-state index is -4.91. The van der Waals surface area contributed by atoms with Gasteiger partial charge in [0.1, 0.15) is 23.1 Å². The van der Waals surface area contributed by atoms with Crippen molar-refractivity contribution in [3.63, 3.8) is 0 Å². The summed E-state index contributed by atoms with van der Waals surface area (Å²) in [5, 5.41) is 19.0. The van der Waals surface area contributed by atoms with Crippen LogP contribution >= 0.6 is 0 Å². The molecule has 2 aromatic rings. The smallest absolute Gasteiger partial charge is 0.508 e. The number of phenols is 2. The van der Waals surface area contributed by atoms with E-state index in [9.17, 15) is 27.8 Å². The lowest BCUT2D eigenvalue weighted by Gasteiger charge is -2.11. The van der Waals surface area contributed by atoms with Gasteiger partial charge in [0.25, 0.3) is 0 Å². The molecule has 0 saturated carbocycles. The van der Waals surface area contributed by atoms with Gasteiger partial charge in [0, 0.05) is 17.7 Å². The summed E-state index contributed by atoms with van der Waals surface area (Å²) in [5.74, 6) is -2.28. The van der Waals surface area contributed by atoms with Crippen LogP contribution in [0.15, 0.2) is 36.4 Å². The molecule has 0 bridgehead atoms. The molecule has 2 rings (SSSR count). The van der Waals surface area contributed by atoms with E-state index in [0.717, 1.165) is 30.3 Å². The largest absolute Gasteiger partial charge is 0.573 e. The second-order valence-electron chi connectivity index (χ2n) is 3.92. The quantitative estimate of drug-likeness (QED) is 0.826. The number of aromatic hydroxyl groups is 2. The predicted octanol–water partition coefficient (Wildman–Crippen LogP) is 3.80. The summed E-state index contributed by atoms with van der Waals surface area (Å²) in [5.41, 5.74) is 0.121. The van der Waals surface area contributed by atoms with Gasteiger partial charge in [-0.05, 0) is 29.8 Å². The van der Waals surface area contributed by atoms with Crippen LogP contribution in [0.25, 0.3) is 11.1 Å². The highest BCUT2D eigenvalue weighted by Crippen LogP contribution is 2.36. The van der Waals surface area contributed by atoms with Gasteiger partial charge in [0.15, 0.2) is 0 Å². The van der Waals surface area contributed by atoms with Gasteiger partial charge < -0.3 is 14.9 Å². The minimum Gasteiger partial charge on any atom is -0.508 e. The Morgan fingerprint density at radius 1 is 0.950 bits per heavy atom. The minimum absolute atomic E-state index is 0.0572. The van der Waals surface area contributed by atoms with Crippen molar-refractivity contribution in [3.8, 4) is 28.4 Å². The molecular weight excluding hydrogens is 280 g/mol. The van der Waals surface area contributed by atoms with Crippen LogP contribution < -0.4 is 4.74 Å². The molecule has 2 aromatic carbocycles. The van der Waals surface area contributed by atoms with Gasteiger partial charge in [-0.1, -0.05) is 0 Å². The summed E-state index contributed by atoms with van der Waals surface area (Å²) in [6.45, 7) is 0. The third-order valence-corrected chi connectivity index (χ3v) is 2.40. The molecule has 3 nitrogen and oxygen atoms in total. The van der Waals surface area contributed by atoms with Crippen molar-refractivity contribution >= 4 is 0 Å². The Morgan fingerprint density at radius 2 is 1.65 bits per heavy atom. The first-order valence-corrected chi connectivity index (χ1v) is 5.33. The van der Waals surface area contributed by atoms with Crippen LogP contribution in [0, 0.1) is 5.82 Å². The molecule has 0 radical (unpaired) electrons. The summed E-state index contributed by atoms with van der Waals surface area (Å²) in [6, 6.07) is 5.89. The summed E-state index contributed by atoms with van der Waals surface area (Å²) >= 11 is 0. The van der Waals surface area contributed by atoms with Crippen LogP contribution in [0.2, 0.25) is 0 Å². The van der Waals surface area contributed by atoms with E-state index in [1.165, 1.54) is 6.07 Å². The average Bonchev–Trinajstić information content (AvgIpc) is 2.25. The third kappa shape index (κ3) is 3.31. The maximum atomic E-state index is 12.9. The van der Waals surface area contributed by atoms with Crippen molar-refractivity contribution in [1.29, 1.82) is 0 Å². The van der Waals surface area contributed by atoms with E-state index in [1.807, 2.05) is 0 Å². The van der Waals surface area contributed by atoms with Gasteiger partial charge in [-0.3, -0.25) is 0 Å². The monoisotopic (exact) mass is 288 g/mol. The van der Waals surface area contributed by atoms with Crippen molar-refractivity contribution in [3.05, 3.63) is 42.2 Å². The molecule has 0 amide bonds. The van der Waals surface area contributed by atoms with Crippen molar-refractivity contribution in [2.75, 3.05) is 0 Å². The fourth-order valence-electron chi connectivity index (χ4n) is 1.68. The molecule has 0 saturated heterocycles. The van der Waals surface area contributed by atoms with Gasteiger partial charge in [0.05, 0.1) is 0 Å². The SMILES string of the molecule is Oc1cc(OC(F)(F)F)cc(-c2ccc(F)cc2O)c1. The number of ether oxygens (including phenoxy) is 1. The predicted molar refractivity (Wildman–Crippen MR) is 61.8 cm³/mol. The van der Waals surface area contributed by atoms with Crippen LogP contribution in [0.4, 0.5) is 17.6 Å². The van der Waals surface area contributed by atoms with Crippen LogP contribution in [-0.2, 0) is 0 Å². The molecular formula is C13H8F4O3. The number of rotatable bonds is 2. The maximum absolute atomic E-state index is 12.9. The van der Waals surface area contributed by atoms with Crippen LogP contribution in [-0.4, -0.2) is 16.6 Å². The first-order chi connectivity index (χ1) is 9.24. The summed E-state index contributed by atoms with van der Waals surface area (Å²) in [7, 11) is 0. The van der Waals surface area contributed by atoms with E-state index in [1.54, 1.807) is 0 Å². The number of hydrogen-bond donors (Lipinski definition) is 2. The lowest BCUT2D eigenvalue weighted by Crippen LogP contribution is -2.17. The Balaban J connectivity index is 2.46. The number of benzene rings is 2. The Morgan fingerprint density at radius 3 is 2.25 bits per heavy atom. The van der Waals surface area contributed by atoms with Crippen LogP contribution in [0.5, 0.6) is 17.2 Å². The molecule has 0 aliphatic heterocycles. The van der Waals surface area contributed by atoms with Crippen molar-refractivity contribution in [1.82, 2.24) is 0 Å². The summed E-state index contributed by atoms with van der Waals surface area (Å²) < 4.78 is 53.0. The van der Waals surface area contributed by atoms with Crippen molar-refractivity contribution < 1.29 is 32.5 Å². The zero-order valence-electron chi connectivity index (χ0n) is 9.78. The number of halogens is 4. The molecule has 0 unspecified atom stereocenters. The second-order valence-corrected chi connectivity index (χ2v) is 3.92. The molecule has 0 aliphatic carbocycles. The van der Waals surface area contributed by atoms with E-state index in [4.69, 9.17) is 0 Å². The number of hydrogen-bond acceptors (Lipinski definition) is 3. The first-order valence-electron chi connectivity index (χ1n) is 5.33. The molecule has 0 spiro atoms. The normalized spacial score (nSPS) is 11.4. The van der Waals surface area contributed by atoms with E-state index >= 15 is 0 Å². The standard InChI is InChI=1S/C13H8F4O3/c14-8-1-2-11(12(19)5-8)7-3-9(18)6-10(4-7)20-13(15,16)17/h1-6,18-19H. The van der Waals surface area contributed by atoms with Crippen LogP contribution in [0.3, 0.4) is 0 Å². The zero-order chi connectivity index (χ0) is 14.9. The Bertz CT molecular complexity index is 638.